The zero-order chi connectivity index (χ0) is 14.6. The summed E-state index contributed by atoms with van der Waals surface area (Å²) in [6.07, 6.45) is 0. The SMILES string of the molecule is CCN(CC(=O)NC)c1ccc(C(N)=S)c(Br)c1F. The van der Waals surface area contributed by atoms with Gasteiger partial charge in [0.25, 0.3) is 0 Å². The van der Waals surface area contributed by atoms with Crippen molar-refractivity contribution < 1.29 is 9.18 Å². The standard InChI is InChI=1S/C12H15BrFN3OS/c1-3-17(6-9(18)16-2)8-5-4-7(12(15)19)10(13)11(8)14/h4-5H,3,6H2,1-2H3,(H2,15,19)(H,16,18). The highest BCUT2D eigenvalue weighted by Crippen LogP contribution is 2.29. The molecular weight excluding hydrogens is 333 g/mol. The van der Waals surface area contributed by atoms with Crippen LogP contribution in [0.4, 0.5) is 10.1 Å². The van der Waals surface area contributed by atoms with Gasteiger partial charge in [-0.15, -0.1) is 0 Å². The lowest BCUT2D eigenvalue weighted by Crippen LogP contribution is -2.36. The van der Waals surface area contributed by atoms with Crippen LogP contribution in [0.25, 0.3) is 0 Å². The smallest absolute Gasteiger partial charge is 0.239 e. The van der Waals surface area contributed by atoms with Crippen molar-refractivity contribution in [2.24, 2.45) is 5.73 Å². The van der Waals surface area contributed by atoms with Crippen molar-refractivity contribution in [1.82, 2.24) is 5.32 Å². The molecule has 0 saturated heterocycles. The Morgan fingerprint density at radius 3 is 2.68 bits per heavy atom. The molecule has 7 heteroatoms. The van der Waals surface area contributed by atoms with E-state index in [-0.39, 0.29) is 21.9 Å². The van der Waals surface area contributed by atoms with Gasteiger partial charge in [0.2, 0.25) is 5.91 Å². The number of nitrogens with zero attached hydrogens (tertiary/aromatic N) is 1. The molecule has 104 valence electrons. The number of amides is 1. The minimum atomic E-state index is -0.476. The van der Waals surface area contributed by atoms with Crippen LogP contribution in [0.2, 0.25) is 0 Å². The van der Waals surface area contributed by atoms with Gasteiger partial charge in [-0.2, -0.15) is 0 Å². The third-order valence-corrected chi connectivity index (χ3v) is 3.66. The van der Waals surface area contributed by atoms with Gasteiger partial charge in [-0.25, -0.2) is 4.39 Å². The van der Waals surface area contributed by atoms with Gasteiger partial charge in [-0.3, -0.25) is 4.79 Å². The molecule has 0 aromatic heterocycles. The number of hydrogen-bond acceptors (Lipinski definition) is 3. The molecule has 0 aliphatic carbocycles. The van der Waals surface area contributed by atoms with Gasteiger partial charge in [0.1, 0.15) is 4.99 Å². The van der Waals surface area contributed by atoms with Crippen LogP contribution in [0.3, 0.4) is 0 Å². The molecule has 0 radical (unpaired) electrons. The first-order valence-corrected chi connectivity index (χ1v) is 6.85. The number of halogens is 2. The van der Waals surface area contributed by atoms with E-state index in [1.54, 1.807) is 24.1 Å². The number of carbonyl (C=O) groups is 1. The Morgan fingerprint density at radius 2 is 2.21 bits per heavy atom. The highest BCUT2D eigenvalue weighted by molar-refractivity contribution is 9.10. The summed E-state index contributed by atoms with van der Waals surface area (Å²) in [5.74, 6) is -0.660. The molecule has 0 saturated carbocycles. The quantitative estimate of drug-likeness (QED) is 0.797. The zero-order valence-electron chi connectivity index (χ0n) is 10.7. The van der Waals surface area contributed by atoms with Crippen LogP contribution in [0.1, 0.15) is 12.5 Å². The molecule has 0 heterocycles. The van der Waals surface area contributed by atoms with Crippen molar-refractivity contribution in [2.75, 3.05) is 25.0 Å². The molecule has 0 atom stereocenters. The molecule has 0 bridgehead atoms. The van der Waals surface area contributed by atoms with E-state index in [0.717, 1.165) is 0 Å². The molecule has 0 aliphatic rings. The fraction of sp³-hybridized carbons (Fsp3) is 0.333. The second-order valence-electron chi connectivity index (χ2n) is 3.81. The third kappa shape index (κ3) is 3.63. The second kappa shape index (κ2) is 6.81. The van der Waals surface area contributed by atoms with E-state index in [2.05, 4.69) is 21.2 Å². The number of anilines is 1. The molecule has 1 aromatic carbocycles. The minimum Gasteiger partial charge on any atom is -0.389 e. The topological polar surface area (TPSA) is 58.4 Å². The van der Waals surface area contributed by atoms with Gasteiger partial charge < -0.3 is 16.0 Å². The highest BCUT2D eigenvalue weighted by Gasteiger charge is 2.18. The van der Waals surface area contributed by atoms with Gasteiger partial charge in [-0.1, -0.05) is 12.2 Å². The molecule has 3 N–H and O–H groups in total. The van der Waals surface area contributed by atoms with Gasteiger partial charge in [0.05, 0.1) is 16.7 Å². The van der Waals surface area contributed by atoms with Crippen LogP contribution in [0.5, 0.6) is 0 Å². The summed E-state index contributed by atoms with van der Waals surface area (Å²) in [5.41, 5.74) is 6.27. The summed E-state index contributed by atoms with van der Waals surface area (Å²) in [6, 6.07) is 3.21. The van der Waals surface area contributed by atoms with Crippen molar-refractivity contribution >= 4 is 44.7 Å². The molecule has 4 nitrogen and oxygen atoms in total. The molecule has 1 rings (SSSR count). The van der Waals surface area contributed by atoms with E-state index >= 15 is 0 Å². The highest BCUT2D eigenvalue weighted by atomic mass is 79.9. The van der Waals surface area contributed by atoms with Crippen LogP contribution in [-0.4, -0.2) is 31.0 Å². The number of hydrogen-bond donors (Lipinski definition) is 2. The Labute approximate surface area is 125 Å². The number of likely N-dealkylation sites (N-methyl/N-ethyl adjacent to an activating group) is 2. The molecule has 1 aromatic rings. The molecule has 0 unspecified atom stereocenters. The Balaban J connectivity index is 3.16. The van der Waals surface area contributed by atoms with E-state index in [4.69, 9.17) is 18.0 Å². The van der Waals surface area contributed by atoms with E-state index < -0.39 is 5.82 Å². The Kier molecular flexibility index (Phi) is 5.68. The van der Waals surface area contributed by atoms with Crippen molar-refractivity contribution in [3.05, 3.63) is 28.0 Å². The maximum absolute atomic E-state index is 14.3. The van der Waals surface area contributed by atoms with E-state index in [1.807, 2.05) is 6.92 Å². The summed E-state index contributed by atoms with van der Waals surface area (Å²) < 4.78 is 14.5. The third-order valence-electron chi connectivity index (χ3n) is 2.66. The number of carbonyl (C=O) groups excluding carboxylic acids is 1. The lowest BCUT2D eigenvalue weighted by Gasteiger charge is -2.23. The maximum Gasteiger partial charge on any atom is 0.239 e. The number of nitrogens with one attached hydrogen (secondary N) is 1. The molecule has 19 heavy (non-hydrogen) atoms. The minimum absolute atomic E-state index is 0.0861. The Morgan fingerprint density at radius 1 is 1.58 bits per heavy atom. The summed E-state index contributed by atoms with van der Waals surface area (Å²) in [4.78, 5) is 13.1. The largest absolute Gasteiger partial charge is 0.389 e. The van der Waals surface area contributed by atoms with Crippen molar-refractivity contribution in [3.63, 3.8) is 0 Å². The summed E-state index contributed by atoms with van der Waals surface area (Å²) in [7, 11) is 1.54. The number of nitrogens with two attached hydrogens (primary N) is 1. The van der Waals surface area contributed by atoms with Crippen LogP contribution in [0.15, 0.2) is 16.6 Å². The Bertz CT molecular complexity index is 510. The number of benzene rings is 1. The van der Waals surface area contributed by atoms with E-state index in [1.165, 1.54) is 0 Å². The molecule has 0 fully saturated rings. The molecular formula is C12H15BrFN3OS. The van der Waals surface area contributed by atoms with Gasteiger partial charge in [0, 0.05) is 19.2 Å². The fourth-order valence-corrected chi connectivity index (χ4v) is 2.44. The van der Waals surface area contributed by atoms with Crippen LogP contribution >= 0.6 is 28.1 Å². The first-order chi connectivity index (χ1) is 8.92. The van der Waals surface area contributed by atoms with Gasteiger partial charge in [0.15, 0.2) is 5.82 Å². The average Bonchev–Trinajstić information content (AvgIpc) is 2.38. The van der Waals surface area contributed by atoms with Gasteiger partial charge >= 0.3 is 0 Å². The fourth-order valence-electron chi connectivity index (χ4n) is 1.59. The zero-order valence-corrected chi connectivity index (χ0v) is 13.1. The lowest BCUT2D eigenvalue weighted by molar-refractivity contribution is -0.119. The Hall–Kier alpha value is -1.21. The first kappa shape index (κ1) is 15.8. The first-order valence-electron chi connectivity index (χ1n) is 5.65. The predicted molar refractivity (Wildman–Crippen MR) is 81.9 cm³/mol. The summed E-state index contributed by atoms with van der Waals surface area (Å²) in [6.45, 7) is 2.43. The van der Waals surface area contributed by atoms with Crippen molar-refractivity contribution in [3.8, 4) is 0 Å². The molecule has 0 spiro atoms. The van der Waals surface area contributed by atoms with E-state index in [9.17, 15) is 9.18 Å². The van der Waals surface area contributed by atoms with Crippen LogP contribution in [0, 0.1) is 5.82 Å². The normalized spacial score (nSPS) is 10.1. The number of rotatable bonds is 5. The second-order valence-corrected chi connectivity index (χ2v) is 5.04. The van der Waals surface area contributed by atoms with Crippen LogP contribution < -0.4 is 16.0 Å². The summed E-state index contributed by atoms with van der Waals surface area (Å²) in [5, 5.41) is 2.51. The summed E-state index contributed by atoms with van der Waals surface area (Å²) >= 11 is 7.98. The molecule has 0 aliphatic heterocycles. The maximum atomic E-state index is 14.3. The van der Waals surface area contributed by atoms with Gasteiger partial charge in [-0.05, 0) is 35.0 Å². The number of thiocarbonyl (C=S) groups is 1. The molecule has 1 amide bonds. The lowest BCUT2D eigenvalue weighted by atomic mass is 10.1. The van der Waals surface area contributed by atoms with Crippen molar-refractivity contribution in [1.29, 1.82) is 0 Å². The van der Waals surface area contributed by atoms with Crippen LogP contribution in [-0.2, 0) is 4.79 Å². The average molecular weight is 348 g/mol. The monoisotopic (exact) mass is 347 g/mol. The van der Waals surface area contributed by atoms with Crippen molar-refractivity contribution in [2.45, 2.75) is 6.92 Å². The van der Waals surface area contributed by atoms with E-state index in [0.29, 0.717) is 17.8 Å². The predicted octanol–water partition coefficient (Wildman–Crippen LogP) is 1.79.